The fraction of sp³-hybridized carbons (Fsp3) is 0.533. The minimum Gasteiger partial charge on any atom is -0.322 e. The number of piperidine rings is 1. The molecule has 1 amide bonds. The second-order valence-electron chi connectivity index (χ2n) is 5.22. The SMILES string of the molecule is O=C(CNCCN1CCCCC1)Nc1c(Cl)cccc1Cl. The van der Waals surface area contributed by atoms with E-state index in [-0.39, 0.29) is 12.5 Å². The van der Waals surface area contributed by atoms with Gasteiger partial charge in [-0.3, -0.25) is 4.79 Å². The summed E-state index contributed by atoms with van der Waals surface area (Å²) in [7, 11) is 0. The Hall–Kier alpha value is -0.810. The summed E-state index contributed by atoms with van der Waals surface area (Å²) in [5.74, 6) is -0.136. The van der Waals surface area contributed by atoms with Gasteiger partial charge in [-0.1, -0.05) is 35.7 Å². The van der Waals surface area contributed by atoms with Gasteiger partial charge in [-0.15, -0.1) is 0 Å². The topological polar surface area (TPSA) is 44.4 Å². The molecule has 6 heteroatoms. The number of nitrogens with zero attached hydrogens (tertiary/aromatic N) is 1. The van der Waals surface area contributed by atoms with Crippen LogP contribution in [0.2, 0.25) is 10.0 Å². The largest absolute Gasteiger partial charge is 0.322 e. The number of hydrogen-bond acceptors (Lipinski definition) is 3. The van der Waals surface area contributed by atoms with Crippen LogP contribution in [0.5, 0.6) is 0 Å². The van der Waals surface area contributed by atoms with E-state index >= 15 is 0 Å². The lowest BCUT2D eigenvalue weighted by Gasteiger charge is -2.26. The van der Waals surface area contributed by atoms with Gasteiger partial charge in [0.15, 0.2) is 0 Å². The Morgan fingerprint density at radius 3 is 2.48 bits per heavy atom. The lowest BCUT2D eigenvalue weighted by Crippen LogP contribution is -2.38. The monoisotopic (exact) mass is 329 g/mol. The van der Waals surface area contributed by atoms with Gasteiger partial charge in [-0.05, 0) is 38.1 Å². The standard InChI is InChI=1S/C15H21Cl2N3O/c16-12-5-4-6-13(17)15(12)19-14(21)11-18-7-10-20-8-2-1-3-9-20/h4-6,18H,1-3,7-11H2,(H,19,21). The van der Waals surface area contributed by atoms with Crippen LogP contribution in [0.1, 0.15) is 19.3 Å². The van der Waals surface area contributed by atoms with E-state index in [0.29, 0.717) is 15.7 Å². The molecular formula is C15H21Cl2N3O. The van der Waals surface area contributed by atoms with Gasteiger partial charge >= 0.3 is 0 Å². The van der Waals surface area contributed by atoms with Crippen molar-refractivity contribution in [3.05, 3.63) is 28.2 Å². The molecule has 1 heterocycles. The summed E-state index contributed by atoms with van der Waals surface area (Å²) in [5, 5.41) is 6.79. The molecule has 1 saturated heterocycles. The molecule has 1 fully saturated rings. The summed E-state index contributed by atoms with van der Waals surface area (Å²) >= 11 is 12.0. The number of anilines is 1. The second kappa shape index (κ2) is 8.59. The summed E-state index contributed by atoms with van der Waals surface area (Å²) in [6.45, 7) is 4.39. The molecule has 116 valence electrons. The minimum absolute atomic E-state index is 0.136. The fourth-order valence-corrected chi connectivity index (χ4v) is 2.91. The van der Waals surface area contributed by atoms with Crippen molar-refractivity contribution < 1.29 is 4.79 Å². The van der Waals surface area contributed by atoms with E-state index in [1.54, 1.807) is 18.2 Å². The summed E-state index contributed by atoms with van der Waals surface area (Å²) in [4.78, 5) is 14.3. The van der Waals surface area contributed by atoms with Crippen LogP contribution in [0.15, 0.2) is 18.2 Å². The normalized spacial score (nSPS) is 15.9. The van der Waals surface area contributed by atoms with Gasteiger partial charge in [-0.2, -0.15) is 0 Å². The second-order valence-corrected chi connectivity index (χ2v) is 6.04. The summed E-state index contributed by atoms with van der Waals surface area (Å²) < 4.78 is 0. The first-order chi connectivity index (χ1) is 10.2. The van der Waals surface area contributed by atoms with E-state index in [1.165, 1.54) is 32.4 Å². The van der Waals surface area contributed by atoms with E-state index in [4.69, 9.17) is 23.2 Å². The Labute approximate surface area is 135 Å². The number of halogens is 2. The summed E-state index contributed by atoms with van der Waals surface area (Å²) in [6, 6.07) is 5.15. The van der Waals surface area contributed by atoms with Gasteiger partial charge in [0.05, 0.1) is 22.3 Å². The number of amides is 1. The number of rotatable bonds is 6. The molecule has 2 N–H and O–H groups in total. The van der Waals surface area contributed by atoms with E-state index < -0.39 is 0 Å². The number of nitrogens with one attached hydrogen (secondary N) is 2. The molecule has 0 aromatic heterocycles. The van der Waals surface area contributed by atoms with Crippen LogP contribution in [0.4, 0.5) is 5.69 Å². The van der Waals surface area contributed by atoms with Gasteiger partial charge in [0.1, 0.15) is 0 Å². The van der Waals surface area contributed by atoms with Crippen LogP contribution < -0.4 is 10.6 Å². The van der Waals surface area contributed by atoms with Crippen molar-refractivity contribution in [2.45, 2.75) is 19.3 Å². The van der Waals surface area contributed by atoms with Crippen molar-refractivity contribution in [2.75, 3.05) is 38.0 Å². The molecule has 0 radical (unpaired) electrons. The smallest absolute Gasteiger partial charge is 0.238 e. The number of carbonyl (C=O) groups is 1. The molecule has 21 heavy (non-hydrogen) atoms. The van der Waals surface area contributed by atoms with Crippen molar-refractivity contribution in [1.29, 1.82) is 0 Å². The lowest BCUT2D eigenvalue weighted by molar-refractivity contribution is -0.115. The van der Waals surface area contributed by atoms with Crippen molar-refractivity contribution in [1.82, 2.24) is 10.2 Å². The van der Waals surface area contributed by atoms with Gasteiger partial charge in [-0.25, -0.2) is 0 Å². The Kier molecular flexibility index (Phi) is 6.77. The molecule has 0 unspecified atom stereocenters. The maximum absolute atomic E-state index is 11.9. The number of likely N-dealkylation sites (tertiary alicyclic amines) is 1. The van der Waals surface area contributed by atoms with E-state index in [9.17, 15) is 4.79 Å². The number of para-hydroxylation sites is 1. The Morgan fingerprint density at radius 2 is 1.81 bits per heavy atom. The molecule has 4 nitrogen and oxygen atoms in total. The Balaban J connectivity index is 1.67. The molecule has 0 spiro atoms. The molecule has 2 rings (SSSR count). The van der Waals surface area contributed by atoms with Crippen molar-refractivity contribution in [3.63, 3.8) is 0 Å². The average Bonchev–Trinajstić information content (AvgIpc) is 2.49. The van der Waals surface area contributed by atoms with Crippen LogP contribution >= 0.6 is 23.2 Å². The molecular weight excluding hydrogens is 309 g/mol. The quantitative estimate of drug-likeness (QED) is 0.788. The van der Waals surface area contributed by atoms with Crippen molar-refractivity contribution in [2.24, 2.45) is 0 Å². The molecule has 0 bridgehead atoms. The first-order valence-electron chi connectivity index (χ1n) is 7.34. The first kappa shape index (κ1) is 16.6. The molecule has 1 aliphatic heterocycles. The zero-order chi connectivity index (χ0) is 15.1. The fourth-order valence-electron chi connectivity index (χ4n) is 2.42. The predicted molar refractivity (Wildman–Crippen MR) is 88.3 cm³/mol. The van der Waals surface area contributed by atoms with Crippen LogP contribution in [-0.2, 0) is 4.79 Å². The molecule has 1 aromatic rings. The van der Waals surface area contributed by atoms with Crippen LogP contribution in [0, 0.1) is 0 Å². The zero-order valence-electron chi connectivity index (χ0n) is 12.0. The van der Waals surface area contributed by atoms with Gasteiger partial charge in [0.25, 0.3) is 0 Å². The zero-order valence-corrected chi connectivity index (χ0v) is 13.5. The highest BCUT2D eigenvalue weighted by atomic mass is 35.5. The van der Waals surface area contributed by atoms with Crippen LogP contribution in [-0.4, -0.2) is 43.5 Å². The Bertz CT molecular complexity index is 456. The molecule has 1 aromatic carbocycles. The van der Waals surface area contributed by atoms with Crippen molar-refractivity contribution >= 4 is 34.8 Å². The molecule has 1 aliphatic rings. The van der Waals surface area contributed by atoms with Crippen LogP contribution in [0.3, 0.4) is 0 Å². The summed E-state index contributed by atoms with van der Waals surface area (Å²) in [5.41, 5.74) is 0.476. The van der Waals surface area contributed by atoms with E-state index in [2.05, 4.69) is 15.5 Å². The highest BCUT2D eigenvalue weighted by Crippen LogP contribution is 2.29. The van der Waals surface area contributed by atoms with E-state index in [0.717, 1.165) is 13.1 Å². The first-order valence-corrected chi connectivity index (χ1v) is 8.09. The third-order valence-electron chi connectivity index (χ3n) is 3.57. The highest BCUT2D eigenvalue weighted by Gasteiger charge is 2.11. The Morgan fingerprint density at radius 1 is 1.14 bits per heavy atom. The minimum atomic E-state index is -0.136. The van der Waals surface area contributed by atoms with Crippen LogP contribution in [0.25, 0.3) is 0 Å². The third-order valence-corrected chi connectivity index (χ3v) is 4.20. The lowest BCUT2D eigenvalue weighted by atomic mass is 10.1. The predicted octanol–water partition coefficient (Wildman–Crippen LogP) is 3.01. The number of hydrogen-bond donors (Lipinski definition) is 2. The molecule has 0 saturated carbocycles. The van der Waals surface area contributed by atoms with Gasteiger partial charge in [0, 0.05) is 13.1 Å². The number of carbonyl (C=O) groups excluding carboxylic acids is 1. The third kappa shape index (κ3) is 5.47. The van der Waals surface area contributed by atoms with E-state index in [1.807, 2.05) is 0 Å². The van der Waals surface area contributed by atoms with Gasteiger partial charge < -0.3 is 15.5 Å². The number of benzene rings is 1. The van der Waals surface area contributed by atoms with Gasteiger partial charge in [0.2, 0.25) is 5.91 Å². The molecule has 0 aliphatic carbocycles. The molecule has 0 atom stereocenters. The maximum Gasteiger partial charge on any atom is 0.238 e. The highest BCUT2D eigenvalue weighted by molar-refractivity contribution is 6.39. The summed E-state index contributed by atoms with van der Waals surface area (Å²) in [6.07, 6.45) is 3.90. The maximum atomic E-state index is 11.9. The average molecular weight is 330 g/mol. The van der Waals surface area contributed by atoms with Crippen molar-refractivity contribution in [3.8, 4) is 0 Å².